The summed E-state index contributed by atoms with van der Waals surface area (Å²) in [7, 11) is 1.61. The number of ether oxygens (including phenoxy) is 1. The fourth-order valence-electron chi connectivity index (χ4n) is 5.01. The van der Waals surface area contributed by atoms with Crippen LogP contribution in [0.15, 0.2) is 24.3 Å². The van der Waals surface area contributed by atoms with Crippen LogP contribution in [0.2, 0.25) is 0 Å². The topological polar surface area (TPSA) is 70.1 Å². The highest BCUT2D eigenvalue weighted by Crippen LogP contribution is 2.50. The third-order valence-electron chi connectivity index (χ3n) is 6.32. The van der Waals surface area contributed by atoms with Crippen LogP contribution in [0, 0.1) is 11.3 Å². The van der Waals surface area contributed by atoms with Gasteiger partial charge in [-0.15, -0.1) is 0 Å². The number of methoxy groups -OCH3 is 1. The minimum Gasteiger partial charge on any atom is -0.495 e. The first-order valence-electron chi connectivity index (χ1n) is 8.98. The zero-order valence-electron chi connectivity index (χ0n) is 14.5. The van der Waals surface area contributed by atoms with Gasteiger partial charge in [-0.3, -0.25) is 14.5 Å². The van der Waals surface area contributed by atoms with Crippen molar-refractivity contribution in [1.82, 2.24) is 4.90 Å². The van der Waals surface area contributed by atoms with Crippen molar-refractivity contribution in [2.45, 2.75) is 31.7 Å². The minimum atomic E-state index is -0.690. The van der Waals surface area contributed by atoms with Gasteiger partial charge in [-0.2, -0.15) is 0 Å². The van der Waals surface area contributed by atoms with E-state index in [1.54, 1.807) is 12.0 Å². The van der Waals surface area contributed by atoms with Gasteiger partial charge in [0, 0.05) is 19.6 Å². The monoisotopic (exact) mass is 344 g/mol. The van der Waals surface area contributed by atoms with Crippen LogP contribution in [-0.2, 0) is 9.59 Å². The zero-order valence-corrected chi connectivity index (χ0v) is 14.5. The maximum absolute atomic E-state index is 13.0. The Balaban J connectivity index is 1.54. The molecule has 1 aliphatic carbocycles. The molecule has 4 rings (SSSR count). The van der Waals surface area contributed by atoms with Crippen LogP contribution in [0.3, 0.4) is 0 Å². The summed E-state index contributed by atoms with van der Waals surface area (Å²) in [5.74, 6) is 0.240. The van der Waals surface area contributed by atoms with Crippen molar-refractivity contribution < 1.29 is 19.4 Å². The van der Waals surface area contributed by atoms with E-state index in [0.29, 0.717) is 18.8 Å². The number of para-hydroxylation sites is 2. The van der Waals surface area contributed by atoms with Gasteiger partial charge in [-0.1, -0.05) is 18.6 Å². The van der Waals surface area contributed by atoms with Crippen LogP contribution < -0.4 is 9.64 Å². The van der Waals surface area contributed by atoms with E-state index in [1.807, 2.05) is 24.3 Å². The molecule has 1 aromatic carbocycles. The number of anilines is 1. The summed E-state index contributed by atoms with van der Waals surface area (Å²) in [4.78, 5) is 28.8. The number of hydrogen-bond acceptors (Lipinski definition) is 4. The number of aliphatic carboxylic acids is 1. The Morgan fingerprint density at radius 1 is 1.32 bits per heavy atom. The van der Waals surface area contributed by atoms with E-state index in [-0.39, 0.29) is 17.9 Å². The summed E-state index contributed by atoms with van der Waals surface area (Å²) in [5.41, 5.74) is 0.155. The Labute approximate surface area is 147 Å². The zero-order chi connectivity index (χ0) is 17.6. The highest BCUT2D eigenvalue weighted by atomic mass is 16.5. The van der Waals surface area contributed by atoms with E-state index in [0.717, 1.165) is 37.9 Å². The van der Waals surface area contributed by atoms with Crippen molar-refractivity contribution >= 4 is 17.6 Å². The number of benzene rings is 1. The molecule has 0 radical (unpaired) electrons. The number of carbonyl (C=O) groups excluding carboxylic acids is 1. The molecule has 0 spiro atoms. The Morgan fingerprint density at radius 2 is 2.12 bits per heavy atom. The van der Waals surface area contributed by atoms with Crippen molar-refractivity contribution in [2.24, 2.45) is 11.3 Å². The number of hydrogen-bond donors (Lipinski definition) is 1. The van der Waals surface area contributed by atoms with Crippen LogP contribution in [-0.4, -0.2) is 54.7 Å². The highest BCUT2D eigenvalue weighted by molar-refractivity contribution is 6.00. The van der Waals surface area contributed by atoms with Gasteiger partial charge in [0.15, 0.2) is 0 Å². The Bertz CT molecular complexity index is 706. The first-order valence-corrected chi connectivity index (χ1v) is 8.98. The maximum Gasteiger partial charge on any atom is 0.311 e. The molecule has 1 aromatic rings. The second-order valence-electron chi connectivity index (χ2n) is 7.45. The van der Waals surface area contributed by atoms with Crippen LogP contribution in [0.25, 0.3) is 0 Å². The average molecular weight is 344 g/mol. The molecule has 2 saturated heterocycles. The number of rotatable bonds is 4. The molecule has 6 heteroatoms. The molecule has 3 atom stereocenters. The Kier molecular flexibility index (Phi) is 3.95. The quantitative estimate of drug-likeness (QED) is 0.904. The van der Waals surface area contributed by atoms with Crippen LogP contribution in [0.1, 0.15) is 25.7 Å². The normalized spacial score (nSPS) is 32.2. The van der Waals surface area contributed by atoms with Crippen LogP contribution >= 0.6 is 0 Å². The fourth-order valence-corrected chi connectivity index (χ4v) is 5.01. The molecule has 0 aromatic heterocycles. The van der Waals surface area contributed by atoms with E-state index >= 15 is 0 Å². The number of carbonyl (C=O) groups is 2. The van der Waals surface area contributed by atoms with Gasteiger partial charge >= 0.3 is 5.97 Å². The van der Waals surface area contributed by atoms with E-state index in [4.69, 9.17) is 4.74 Å². The van der Waals surface area contributed by atoms with Gasteiger partial charge in [-0.25, -0.2) is 0 Å². The summed E-state index contributed by atoms with van der Waals surface area (Å²) in [6.45, 7) is 1.87. The second-order valence-corrected chi connectivity index (χ2v) is 7.45. The molecular weight excluding hydrogens is 320 g/mol. The molecule has 6 nitrogen and oxygen atoms in total. The molecule has 25 heavy (non-hydrogen) atoms. The molecule has 1 N–H and O–H groups in total. The molecule has 3 aliphatic rings. The molecule has 3 fully saturated rings. The molecule has 1 saturated carbocycles. The number of carboxylic acid groups (broad SMARTS) is 1. The highest BCUT2D eigenvalue weighted by Gasteiger charge is 2.57. The summed E-state index contributed by atoms with van der Waals surface area (Å²) < 4.78 is 5.39. The third-order valence-corrected chi connectivity index (χ3v) is 6.32. The number of nitrogens with zero attached hydrogens (tertiary/aromatic N) is 2. The van der Waals surface area contributed by atoms with E-state index in [2.05, 4.69) is 4.90 Å². The SMILES string of the molecule is COc1ccccc1N1CCC(N2C[C@@H]3CCC[C@@]3(C(=O)O)C2)C1=O. The predicted molar refractivity (Wildman–Crippen MR) is 92.7 cm³/mol. The summed E-state index contributed by atoms with van der Waals surface area (Å²) in [6, 6.07) is 7.33. The molecule has 134 valence electrons. The molecule has 2 aliphatic heterocycles. The lowest BCUT2D eigenvalue weighted by atomic mass is 9.81. The van der Waals surface area contributed by atoms with Crippen molar-refractivity contribution in [3.8, 4) is 5.75 Å². The van der Waals surface area contributed by atoms with Gasteiger partial charge in [0.25, 0.3) is 0 Å². The average Bonchev–Trinajstić information content (AvgIpc) is 3.26. The first-order chi connectivity index (χ1) is 12.1. The third kappa shape index (κ3) is 2.42. The molecule has 1 amide bonds. The number of likely N-dealkylation sites (tertiary alicyclic amines) is 1. The molecular formula is C19H24N2O4. The van der Waals surface area contributed by atoms with Crippen molar-refractivity contribution in [2.75, 3.05) is 31.6 Å². The van der Waals surface area contributed by atoms with Crippen molar-refractivity contribution in [1.29, 1.82) is 0 Å². The van der Waals surface area contributed by atoms with Crippen LogP contribution in [0.5, 0.6) is 5.75 Å². The van der Waals surface area contributed by atoms with Crippen molar-refractivity contribution in [3.05, 3.63) is 24.3 Å². The van der Waals surface area contributed by atoms with E-state index in [1.165, 1.54) is 0 Å². The van der Waals surface area contributed by atoms with E-state index in [9.17, 15) is 14.7 Å². The lowest BCUT2D eigenvalue weighted by Gasteiger charge is -2.26. The molecule has 1 unspecified atom stereocenters. The largest absolute Gasteiger partial charge is 0.495 e. The maximum atomic E-state index is 13.0. The number of amides is 1. The lowest BCUT2D eigenvalue weighted by Crippen LogP contribution is -2.43. The molecule has 0 bridgehead atoms. The Hall–Kier alpha value is -2.08. The number of fused-ring (bicyclic) bond motifs is 1. The van der Waals surface area contributed by atoms with Gasteiger partial charge < -0.3 is 14.7 Å². The Morgan fingerprint density at radius 3 is 2.84 bits per heavy atom. The predicted octanol–water partition coefficient (Wildman–Crippen LogP) is 1.99. The van der Waals surface area contributed by atoms with Gasteiger partial charge in [0.2, 0.25) is 5.91 Å². The van der Waals surface area contributed by atoms with E-state index < -0.39 is 11.4 Å². The van der Waals surface area contributed by atoms with Gasteiger partial charge in [-0.05, 0) is 37.3 Å². The van der Waals surface area contributed by atoms with Gasteiger partial charge in [0.1, 0.15) is 5.75 Å². The number of carboxylic acids is 1. The standard InChI is InChI=1S/C19H24N2O4/c1-25-16-7-3-2-6-14(16)21-10-8-15(17(21)22)20-11-13-5-4-9-19(13,12-20)18(23)24/h2-3,6-7,13,15H,4-5,8-12H2,1H3,(H,23,24)/t13-,15?,19+/m0/s1. The fraction of sp³-hybridized carbons (Fsp3) is 0.579. The summed E-state index contributed by atoms with van der Waals surface area (Å²) in [6.07, 6.45) is 3.41. The van der Waals surface area contributed by atoms with Crippen molar-refractivity contribution in [3.63, 3.8) is 0 Å². The summed E-state index contributed by atoms with van der Waals surface area (Å²) >= 11 is 0. The summed E-state index contributed by atoms with van der Waals surface area (Å²) in [5, 5.41) is 9.76. The molecule has 2 heterocycles. The lowest BCUT2D eigenvalue weighted by molar-refractivity contribution is -0.149. The second kappa shape index (κ2) is 6.02. The smallest absolute Gasteiger partial charge is 0.311 e. The minimum absolute atomic E-state index is 0.0602. The van der Waals surface area contributed by atoms with Crippen LogP contribution in [0.4, 0.5) is 5.69 Å². The first kappa shape index (κ1) is 16.4. The van der Waals surface area contributed by atoms with Gasteiger partial charge in [0.05, 0.1) is 24.3 Å².